The number of nitrogens with one attached hydrogen (secondary N) is 1. The van der Waals surface area contributed by atoms with Gasteiger partial charge in [-0.3, -0.25) is 0 Å². The highest BCUT2D eigenvalue weighted by Crippen LogP contribution is 2.07. The van der Waals surface area contributed by atoms with Gasteiger partial charge in [0.05, 0.1) is 0 Å². The molecule has 6 nitrogen and oxygen atoms in total. The molecule has 1 heterocycles. The van der Waals surface area contributed by atoms with Crippen molar-refractivity contribution in [2.24, 2.45) is 0 Å². The van der Waals surface area contributed by atoms with Crippen molar-refractivity contribution >= 4 is 12.1 Å². The second-order valence-corrected chi connectivity index (χ2v) is 1.97. The van der Waals surface area contributed by atoms with E-state index >= 15 is 0 Å². The predicted octanol–water partition coefficient (Wildman–Crippen LogP) is -0.0332. The lowest BCUT2D eigenvalue weighted by Gasteiger charge is -2.17. The van der Waals surface area contributed by atoms with Gasteiger partial charge < -0.3 is 15.5 Å². The molecule has 0 bridgehead atoms. The highest BCUT2D eigenvalue weighted by atomic mass is 16.4. The summed E-state index contributed by atoms with van der Waals surface area (Å²) in [5.74, 6) is -1.30. The lowest BCUT2D eigenvalue weighted by molar-refractivity contribution is -0.134. The third-order valence-electron chi connectivity index (χ3n) is 1.22. The van der Waals surface area contributed by atoms with Crippen molar-refractivity contribution in [1.29, 1.82) is 0 Å². The Hall–Kier alpha value is -1.98. The molecule has 0 atom stereocenters. The van der Waals surface area contributed by atoms with Crippen LogP contribution in [0, 0.1) is 0 Å². The summed E-state index contributed by atoms with van der Waals surface area (Å²) in [5.41, 5.74) is -0.329. The molecule has 12 heavy (non-hydrogen) atoms. The number of aliphatic carboxylic acids is 1. The van der Waals surface area contributed by atoms with Crippen molar-refractivity contribution in [2.45, 2.75) is 0 Å². The van der Waals surface area contributed by atoms with Crippen LogP contribution in [0.5, 0.6) is 0 Å². The van der Waals surface area contributed by atoms with Crippen LogP contribution < -0.4 is 5.32 Å². The zero-order valence-electron chi connectivity index (χ0n) is 5.89. The number of rotatable bonds is 1. The Labute approximate surface area is 67.4 Å². The van der Waals surface area contributed by atoms with Crippen molar-refractivity contribution < 1.29 is 19.8 Å². The molecule has 0 unspecified atom stereocenters. The van der Waals surface area contributed by atoms with Crippen LogP contribution in [0.4, 0.5) is 4.79 Å². The molecule has 1 rings (SSSR count). The molecule has 0 spiro atoms. The Morgan fingerprint density at radius 3 is 2.50 bits per heavy atom. The van der Waals surface area contributed by atoms with Crippen molar-refractivity contribution in [3.05, 3.63) is 24.3 Å². The average molecular weight is 170 g/mol. The van der Waals surface area contributed by atoms with Gasteiger partial charge in [-0.1, -0.05) is 0 Å². The molecule has 0 saturated heterocycles. The van der Waals surface area contributed by atoms with E-state index in [9.17, 15) is 9.59 Å². The first-order valence-electron chi connectivity index (χ1n) is 3.01. The fraction of sp³-hybridized carbons (Fsp3) is 0. The molecule has 0 aromatic rings. The monoisotopic (exact) mass is 170 g/mol. The summed E-state index contributed by atoms with van der Waals surface area (Å²) >= 11 is 0. The molecule has 1 amide bonds. The quantitative estimate of drug-likeness (QED) is 0.514. The summed E-state index contributed by atoms with van der Waals surface area (Å²) in [7, 11) is 0. The molecule has 0 fully saturated rings. The van der Waals surface area contributed by atoms with E-state index in [1.807, 2.05) is 0 Å². The number of carbonyl (C=O) groups is 2. The van der Waals surface area contributed by atoms with E-state index < -0.39 is 12.1 Å². The Kier molecular flexibility index (Phi) is 2.00. The minimum atomic E-state index is -1.33. The average Bonchev–Trinajstić information content (AvgIpc) is 2.04. The van der Waals surface area contributed by atoms with Gasteiger partial charge in [-0.05, 0) is 0 Å². The molecule has 0 aliphatic carbocycles. The molecule has 0 saturated carbocycles. The SMILES string of the molecule is O=C(O)C1=CNC=CN1C(=O)O. The molecular formula is C6H6N2O4. The van der Waals surface area contributed by atoms with Crippen molar-refractivity contribution in [3.63, 3.8) is 0 Å². The molecule has 3 N–H and O–H groups in total. The molecule has 1 aliphatic rings. The minimum Gasteiger partial charge on any atom is -0.477 e. The zero-order chi connectivity index (χ0) is 9.14. The second-order valence-electron chi connectivity index (χ2n) is 1.97. The number of nitrogens with zero attached hydrogens (tertiary/aromatic N) is 1. The number of hydrogen-bond donors (Lipinski definition) is 3. The number of hydrogen-bond acceptors (Lipinski definition) is 3. The van der Waals surface area contributed by atoms with Gasteiger partial charge >= 0.3 is 12.1 Å². The molecule has 0 radical (unpaired) electrons. The number of carboxylic acids is 1. The van der Waals surface area contributed by atoms with Crippen molar-refractivity contribution in [2.75, 3.05) is 0 Å². The van der Waals surface area contributed by atoms with Crippen LogP contribution in [-0.2, 0) is 4.79 Å². The molecule has 0 aromatic heterocycles. The van der Waals surface area contributed by atoms with E-state index in [4.69, 9.17) is 10.2 Å². The van der Waals surface area contributed by atoms with E-state index in [2.05, 4.69) is 5.32 Å². The maximum absolute atomic E-state index is 10.4. The van der Waals surface area contributed by atoms with Crippen LogP contribution in [0.25, 0.3) is 0 Å². The van der Waals surface area contributed by atoms with E-state index in [0.717, 1.165) is 12.4 Å². The third kappa shape index (κ3) is 1.36. The summed E-state index contributed by atoms with van der Waals surface area (Å²) in [6.45, 7) is 0. The minimum absolute atomic E-state index is 0.329. The Morgan fingerprint density at radius 2 is 2.08 bits per heavy atom. The number of amides is 1. The maximum atomic E-state index is 10.4. The lowest BCUT2D eigenvalue weighted by Crippen LogP contribution is -2.31. The first-order valence-corrected chi connectivity index (χ1v) is 3.01. The third-order valence-corrected chi connectivity index (χ3v) is 1.22. The second kappa shape index (κ2) is 2.95. The Morgan fingerprint density at radius 1 is 1.42 bits per heavy atom. The van der Waals surface area contributed by atoms with Crippen LogP contribution in [0.3, 0.4) is 0 Å². The Balaban J connectivity index is 2.90. The van der Waals surface area contributed by atoms with E-state index in [-0.39, 0.29) is 5.70 Å². The normalized spacial score (nSPS) is 15.0. The van der Waals surface area contributed by atoms with Crippen LogP contribution in [0.15, 0.2) is 24.3 Å². The summed E-state index contributed by atoms with van der Waals surface area (Å²) in [6, 6.07) is 0. The summed E-state index contributed by atoms with van der Waals surface area (Å²) in [4.78, 5) is 21.4. The zero-order valence-corrected chi connectivity index (χ0v) is 5.89. The number of carboxylic acid groups (broad SMARTS) is 2. The van der Waals surface area contributed by atoms with E-state index in [1.165, 1.54) is 6.20 Å². The highest BCUT2D eigenvalue weighted by molar-refractivity contribution is 5.91. The van der Waals surface area contributed by atoms with Crippen molar-refractivity contribution in [1.82, 2.24) is 10.2 Å². The molecule has 1 aliphatic heterocycles. The molecular weight excluding hydrogens is 164 g/mol. The molecule has 64 valence electrons. The standard InChI is InChI=1S/C6H6N2O4/c9-5(10)4-3-7-1-2-8(4)6(11)12/h1-3,7H,(H,9,10)(H,11,12). The van der Waals surface area contributed by atoms with Gasteiger partial charge in [0.25, 0.3) is 0 Å². The van der Waals surface area contributed by atoms with E-state index in [0.29, 0.717) is 4.90 Å². The highest BCUT2D eigenvalue weighted by Gasteiger charge is 2.21. The van der Waals surface area contributed by atoms with Crippen LogP contribution in [0.1, 0.15) is 0 Å². The molecule has 0 aromatic carbocycles. The topological polar surface area (TPSA) is 89.9 Å². The lowest BCUT2D eigenvalue weighted by atomic mass is 10.4. The molecule has 6 heteroatoms. The summed E-state index contributed by atoms with van der Waals surface area (Å²) in [5, 5.41) is 19.5. The van der Waals surface area contributed by atoms with Gasteiger partial charge in [-0.25, -0.2) is 14.5 Å². The smallest absolute Gasteiger partial charge is 0.416 e. The first kappa shape index (κ1) is 8.12. The fourth-order valence-electron chi connectivity index (χ4n) is 0.726. The Bertz CT molecular complexity index is 281. The van der Waals surface area contributed by atoms with Gasteiger partial charge in [0.2, 0.25) is 0 Å². The van der Waals surface area contributed by atoms with Gasteiger partial charge in [0.15, 0.2) is 5.70 Å². The maximum Gasteiger partial charge on any atom is 0.416 e. The summed E-state index contributed by atoms with van der Waals surface area (Å²) < 4.78 is 0. The fourth-order valence-corrected chi connectivity index (χ4v) is 0.726. The van der Waals surface area contributed by atoms with Crippen LogP contribution >= 0.6 is 0 Å². The van der Waals surface area contributed by atoms with Gasteiger partial charge in [0.1, 0.15) is 0 Å². The van der Waals surface area contributed by atoms with E-state index in [1.54, 1.807) is 0 Å². The predicted molar refractivity (Wildman–Crippen MR) is 37.9 cm³/mol. The first-order chi connectivity index (χ1) is 5.63. The summed E-state index contributed by atoms with van der Waals surface area (Å²) in [6.07, 6.45) is 2.20. The van der Waals surface area contributed by atoms with Crippen LogP contribution in [0.2, 0.25) is 0 Å². The van der Waals surface area contributed by atoms with Gasteiger partial charge in [0, 0.05) is 18.6 Å². The van der Waals surface area contributed by atoms with Crippen molar-refractivity contribution in [3.8, 4) is 0 Å². The van der Waals surface area contributed by atoms with Crippen LogP contribution in [-0.4, -0.2) is 27.2 Å². The van der Waals surface area contributed by atoms with Gasteiger partial charge in [-0.15, -0.1) is 0 Å². The largest absolute Gasteiger partial charge is 0.477 e. The van der Waals surface area contributed by atoms with Gasteiger partial charge in [-0.2, -0.15) is 0 Å².